The molecule has 0 radical (unpaired) electrons. The van der Waals surface area contributed by atoms with Gasteiger partial charge in [-0.05, 0) is 17.7 Å². The summed E-state index contributed by atoms with van der Waals surface area (Å²) < 4.78 is 7.51. The second kappa shape index (κ2) is 7.28. The molecule has 1 aromatic carbocycles. The molecule has 146 valence electrons. The number of aliphatic hydroxyl groups excluding tert-OH is 3. The van der Waals surface area contributed by atoms with E-state index in [0.29, 0.717) is 0 Å². The number of ether oxygens (including phenoxy) is 1. The van der Waals surface area contributed by atoms with E-state index in [1.807, 2.05) is 30.3 Å². The van der Waals surface area contributed by atoms with Gasteiger partial charge in [0.05, 0.1) is 18.5 Å². The van der Waals surface area contributed by atoms with Crippen molar-refractivity contribution in [1.82, 2.24) is 14.1 Å². The minimum atomic E-state index is -1.54. The van der Waals surface area contributed by atoms with Gasteiger partial charge in [0.1, 0.15) is 24.0 Å². The van der Waals surface area contributed by atoms with E-state index in [-0.39, 0.29) is 17.6 Å². The quantitative estimate of drug-likeness (QED) is 0.538. The van der Waals surface area contributed by atoms with Gasteiger partial charge in [-0.25, -0.2) is 14.3 Å². The first-order chi connectivity index (χ1) is 13.5. The lowest BCUT2D eigenvalue weighted by atomic mass is 10.1. The largest absolute Gasteiger partial charge is 0.394 e. The van der Waals surface area contributed by atoms with E-state index < -0.39 is 42.4 Å². The maximum absolute atomic E-state index is 13.2. The van der Waals surface area contributed by atoms with Crippen LogP contribution in [0.25, 0.3) is 11.0 Å². The smallest absolute Gasteiger partial charge is 0.335 e. The first kappa shape index (κ1) is 18.5. The first-order valence-corrected chi connectivity index (χ1v) is 8.79. The van der Waals surface area contributed by atoms with Gasteiger partial charge in [0.25, 0.3) is 5.56 Å². The number of pyridine rings is 1. The zero-order valence-corrected chi connectivity index (χ0v) is 14.8. The molecule has 9 heteroatoms. The number of rotatable bonds is 4. The maximum atomic E-state index is 13.2. The minimum absolute atomic E-state index is 0.155. The molecule has 0 amide bonds. The van der Waals surface area contributed by atoms with Crippen LogP contribution in [0, 0.1) is 0 Å². The molecule has 0 spiro atoms. The van der Waals surface area contributed by atoms with E-state index in [2.05, 4.69) is 4.98 Å². The van der Waals surface area contributed by atoms with Crippen molar-refractivity contribution in [3.63, 3.8) is 0 Å². The molecule has 0 unspecified atom stereocenters. The number of aliphatic hydroxyl groups is 3. The number of aromatic nitrogens is 3. The predicted molar refractivity (Wildman–Crippen MR) is 98.8 cm³/mol. The minimum Gasteiger partial charge on any atom is -0.394 e. The Labute approximate surface area is 158 Å². The molecular formula is C19H19N3O6. The Balaban J connectivity index is 1.93. The monoisotopic (exact) mass is 385 g/mol. The van der Waals surface area contributed by atoms with E-state index in [1.54, 1.807) is 6.07 Å². The van der Waals surface area contributed by atoms with Crippen LogP contribution in [-0.4, -0.2) is 54.4 Å². The van der Waals surface area contributed by atoms with Crippen LogP contribution in [0.2, 0.25) is 0 Å². The van der Waals surface area contributed by atoms with E-state index in [0.717, 1.165) is 10.1 Å². The summed E-state index contributed by atoms with van der Waals surface area (Å²) in [5, 5.41) is 29.8. The number of hydrogen-bond acceptors (Lipinski definition) is 7. The molecular weight excluding hydrogens is 366 g/mol. The molecule has 0 bridgehead atoms. The van der Waals surface area contributed by atoms with Crippen LogP contribution in [0.4, 0.5) is 0 Å². The highest BCUT2D eigenvalue weighted by Gasteiger charge is 2.44. The highest BCUT2D eigenvalue weighted by molar-refractivity contribution is 5.73. The maximum Gasteiger partial charge on any atom is 0.335 e. The fourth-order valence-electron chi connectivity index (χ4n) is 3.44. The van der Waals surface area contributed by atoms with Gasteiger partial charge < -0.3 is 20.1 Å². The van der Waals surface area contributed by atoms with Gasteiger partial charge >= 0.3 is 5.69 Å². The topological polar surface area (TPSA) is 127 Å². The predicted octanol–water partition coefficient (Wildman–Crippen LogP) is -0.782. The summed E-state index contributed by atoms with van der Waals surface area (Å²) in [5.74, 6) is 0. The molecule has 1 aliphatic rings. The Hall–Kier alpha value is -2.85. The fraction of sp³-hybridized carbons (Fsp3) is 0.316. The van der Waals surface area contributed by atoms with Gasteiger partial charge in [-0.3, -0.25) is 9.36 Å². The van der Waals surface area contributed by atoms with E-state index in [9.17, 15) is 24.9 Å². The molecule has 4 rings (SSSR count). The van der Waals surface area contributed by atoms with Gasteiger partial charge in [0.15, 0.2) is 6.23 Å². The van der Waals surface area contributed by atoms with E-state index in [1.165, 1.54) is 16.8 Å². The van der Waals surface area contributed by atoms with Crippen molar-refractivity contribution in [3.05, 3.63) is 75.1 Å². The third-order valence-corrected chi connectivity index (χ3v) is 4.88. The highest BCUT2D eigenvalue weighted by atomic mass is 16.6. The van der Waals surface area contributed by atoms with Crippen LogP contribution in [0.1, 0.15) is 11.8 Å². The van der Waals surface area contributed by atoms with Crippen molar-refractivity contribution >= 4 is 11.0 Å². The van der Waals surface area contributed by atoms with Gasteiger partial charge in [-0.15, -0.1) is 0 Å². The van der Waals surface area contributed by atoms with Gasteiger partial charge in [-0.2, -0.15) is 0 Å². The van der Waals surface area contributed by atoms with Crippen LogP contribution in [-0.2, 0) is 11.3 Å². The Kier molecular flexibility index (Phi) is 4.82. The zero-order chi connectivity index (χ0) is 19.8. The third kappa shape index (κ3) is 2.94. The summed E-state index contributed by atoms with van der Waals surface area (Å²) in [6, 6.07) is 12.3. The number of benzene rings is 1. The number of hydrogen-bond donors (Lipinski definition) is 3. The average Bonchev–Trinajstić information content (AvgIpc) is 3.00. The summed E-state index contributed by atoms with van der Waals surface area (Å²) in [5.41, 5.74) is -0.380. The lowest BCUT2D eigenvalue weighted by Crippen LogP contribution is -2.46. The molecule has 1 saturated heterocycles. The molecule has 3 N–H and O–H groups in total. The second-order valence-corrected chi connectivity index (χ2v) is 6.63. The van der Waals surface area contributed by atoms with Crippen molar-refractivity contribution in [3.8, 4) is 0 Å². The molecule has 1 fully saturated rings. The third-order valence-electron chi connectivity index (χ3n) is 4.88. The summed E-state index contributed by atoms with van der Waals surface area (Å²) in [6.07, 6.45) is -3.99. The molecule has 0 saturated carbocycles. The van der Waals surface area contributed by atoms with Gasteiger partial charge in [-0.1, -0.05) is 30.3 Å². The van der Waals surface area contributed by atoms with Crippen LogP contribution in [0.15, 0.2) is 58.3 Å². The van der Waals surface area contributed by atoms with Gasteiger partial charge in [0.2, 0.25) is 0 Å². The molecule has 3 heterocycles. The lowest BCUT2D eigenvalue weighted by molar-refractivity contribution is -0.0566. The molecule has 28 heavy (non-hydrogen) atoms. The summed E-state index contributed by atoms with van der Waals surface area (Å²) in [6.45, 7) is -0.404. The molecule has 9 nitrogen and oxygen atoms in total. The van der Waals surface area contributed by atoms with Crippen molar-refractivity contribution in [2.45, 2.75) is 31.1 Å². The molecule has 0 aliphatic carbocycles. The van der Waals surface area contributed by atoms with Crippen LogP contribution >= 0.6 is 0 Å². The SMILES string of the molecule is O=c1c2cccnc2n(Cc2ccccc2)c(=O)n1[C@@H]1O[C@H](CO)[C@@H](O)[C@H]1O. The van der Waals surface area contributed by atoms with Crippen molar-refractivity contribution in [2.24, 2.45) is 0 Å². The second-order valence-electron chi connectivity index (χ2n) is 6.63. The standard InChI is InChI=1S/C19H19N3O6/c23-10-13-14(24)15(25)18(28-13)22-17(26)12-7-4-8-20-16(12)21(19(22)27)9-11-5-2-1-3-6-11/h1-8,13-15,18,23-25H,9-10H2/t13-,14-,15-,18-/m1/s1. The summed E-state index contributed by atoms with van der Waals surface area (Å²) >= 11 is 0. The molecule has 2 aromatic heterocycles. The lowest BCUT2D eigenvalue weighted by Gasteiger charge is -2.19. The average molecular weight is 385 g/mol. The fourth-order valence-corrected chi connectivity index (χ4v) is 3.44. The van der Waals surface area contributed by atoms with E-state index in [4.69, 9.17) is 4.74 Å². The summed E-state index contributed by atoms with van der Waals surface area (Å²) in [4.78, 5) is 30.3. The van der Waals surface area contributed by atoms with Crippen LogP contribution < -0.4 is 11.2 Å². The van der Waals surface area contributed by atoms with Gasteiger partial charge in [0, 0.05) is 6.20 Å². The Morgan fingerprint density at radius 3 is 2.46 bits per heavy atom. The Morgan fingerprint density at radius 1 is 1.04 bits per heavy atom. The van der Waals surface area contributed by atoms with Crippen LogP contribution in [0.5, 0.6) is 0 Å². The van der Waals surface area contributed by atoms with Crippen molar-refractivity contribution < 1.29 is 20.1 Å². The van der Waals surface area contributed by atoms with E-state index >= 15 is 0 Å². The summed E-state index contributed by atoms with van der Waals surface area (Å²) in [7, 11) is 0. The number of nitrogens with zero attached hydrogens (tertiary/aromatic N) is 3. The normalized spacial score (nSPS) is 24.7. The Bertz CT molecular complexity index is 1110. The van der Waals surface area contributed by atoms with Crippen LogP contribution in [0.3, 0.4) is 0 Å². The molecule has 1 aliphatic heterocycles. The van der Waals surface area contributed by atoms with Crippen molar-refractivity contribution in [2.75, 3.05) is 6.61 Å². The molecule has 4 atom stereocenters. The van der Waals surface area contributed by atoms with Crippen molar-refractivity contribution in [1.29, 1.82) is 0 Å². The highest BCUT2D eigenvalue weighted by Crippen LogP contribution is 2.27. The molecule has 3 aromatic rings. The zero-order valence-electron chi connectivity index (χ0n) is 14.8. The first-order valence-electron chi connectivity index (χ1n) is 8.79. The number of fused-ring (bicyclic) bond motifs is 1. The Morgan fingerprint density at radius 2 is 1.79 bits per heavy atom.